The molecule has 0 spiro atoms. The Bertz CT molecular complexity index is 819. The van der Waals surface area contributed by atoms with Gasteiger partial charge in [0, 0.05) is 32.6 Å². The number of esters is 1. The second-order valence-corrected chi connectivity index (χ2v) is 8.06. The van der Waals surface area contributed by atoms with Crippen LogP contribution in [0.25, 0.3) is 0 Å². The molecule has 2 aliphatic heterocycles. The van der Waals surface area contributed by atoms with Gasteiger partial charge in [0.25, 0.3) is 0 Å². The van der Waals surface area contributed by atoms with Crippen LogP contribution in [-0.4, -0.2) is 53.8 Å². The largest absolute Gasteiger partial charge is 0.466 e. The summed E-state index contributed by atoms with van der Waals surface area (Å²) < 4.78 is 43.9. The lowest BCUT2D eigenvalue weighted by atomic mass is 9.92. The molecule has 170 valence electrons. The molecule has 9 heteroatoms. The maximum Gasteiger partial charge on any atom is 0.416 e. The van der Waals surface area contributed by atoms with Gasteiger partial charge in [-0.25, -0.2) is 0 Å². The van der Waals surface area contributed by atoms with Crippen molar-refractivity contribution in [3.8, 4) is 0 Å². The lowest BCUT2D eigenvalue weighted by molar-refractivity contribution is -0.153. The maximum absolute atomic E-state index is 13.0. The highest BCUT2D eigenvalue weighted by Crippen LogP contribution is 2.30. The van der Waals surface area contributed by atoms with E-state index in [2.05, 4.69) is 0 Å². The second kappa shape index (κ2) is 9.70. The first kappa shape index (κ1) is 23.1. The molecule has 0 aliphatic carbocycles. The Balaban J connectivity index is 1.59. The number of alkyl halides is 3. The van der Waals surface area contributed by atoms with E-state index in [1.54, 1.807) is 17.9 Å². The van der Waals surface area contributed by atoms with Crippen molar-refractivity contribution >= 4 is 17.8 Å². The molecule has 2 aliphatic rings. The molecule has 0 saturated carbocycles. The van der Waals surface area contributed by atoms with E-state index >= 15 is 0 Å². The predicted molar refractivity (Wildman–Crippen MR) is 106 cm³/mol. The zero-order valence-corrected chi connectivity index (χ0v) is 17.5. The van der Waals surface area contributed by atoms with E-state index in [0.717, 1.165) is 12.1 Å². The maximum atomic E-state index is 13.0. The molecule has 1 atom stereocenters. The predicted octanol–water partition coefficient (Wildman–Crippen LogP) is 3.25. The molecule has 0 radical (unpaired) electrons. The van der Waals surface area contributed by atoms with Crippen molar-refractivity contribution in [3.63, 3.8) is 0 Å². The lowest BCUT2D eigenvalue weighted by Gasteiger charge is -2.37. The SMILES string of the molecule is CCOC(=O)C1CCN(C(=O)[C@@H]2CCC(=O)N(Cc3cccc(C(F)(F)F)c3)C2)CC1. The van der Waals surface area contributed by atoms with Crippen LogP contribution in [0, 0.1) is 11.8 Å². The number of benzene rings is 1. The van der Waals surface area contributed by atoms with Crippen LogP contribution in [0.5, 0.6) is 0 Å². The normalized spacial score (nSPS) is 20.6. The third-order valence-corrected chi connectivity index (χ3v) is 5.90. The Morgan fingerprint density at radius 1 is 1.13 bits per heavy atom. The van der Waals surface area contributed by atoms with Crippen molar-refractivity contribution < 1.29 is 32.3 Å². The van der Waals surface area contributed by atoms with Gasteiger partial charge in [-0.1, -0.05) is 12.1 Å². The first-order valence-electron chi connectivity index (χ1n) is 10.6. The van der Waals surface area contributed by atoms with Gasteiger partial charge in [-0.3, -0.25) is 14.4 Å². The van der Waals surface area contributed by atoms with Crippen LogP contribution in [-0.2, 0) is 31.8 Å². The van der Waals surface area contributed by atoms with Gasteiger partial charge >= 0.3 is 12.1 Å². The Hall–Kier alpha value is -2.58. The molecule has 2 amide bonds. The first-order valence-corrected chi connectivity index (χ1v) is 10.6. The monoisotopic (exact) mass is 440 g/mol. The molecule has 1 aromatic rings. The summed E-state index contributed by atoms with van der Waals surface area (Å²) in [6.45, 7) is 3.23. The number of ether oxygens (including phenoxy) is 1. The van der Waals surface area contributed by atoms with Gasteiger partial charge in [-0.2, -0.15) is 13.2 Å². The van der Waals surface area contributed by atoms with Crippen molar-refractivity contribution in [2.75, 3.05) is 26.2 Å². The fourth-order valence-electron chi connectivity index (χ4n) is 4.19. The van der Waals surface area contributed by atoms with Crippen LogP contribution in [0.4, 0.5) is 13.2 Å². The Kier molecular flexibility index (Phi) is 7.23. The van der Waals surface area contributed by atoms with Crippen molar-refractivity contribution in [2.24, 2.45) is 11.8 Å². The molecule has 2 fully saturated rings. The fourth-order valence-corrected chi connectivity index (χ4v) is 4.19. The summed E-state index contributed by atoms with van der Waals surface area (Å²) in [7, 11) is 0. The molecule has 0 N–H and O–H groups in total. The number of carbonyl (C=O) groups is 3. The van der Waals surface area contributed by atoms with Gasteiger partial charge in [-0.05, 0) is 43.9 Å². The van der Waals surface area contributed by atoms with Crippen molar-refractivity contribution in [1.82, 2.24) is 9.80 Å². The number of hydrogen-bond acceptors (Lipinski definition) is 4. The minimum Gasteiger partial charge on any atom is -0.466 e. The van der Waals surface area contributed by atoms with Gasteiger partial charge in [0.15, 0.2) is 0 Å². The van der Waals surface area contributed by atoms with Crippen molar-refractivity contribution in [1.29, 1.82) is 0 Å². The van der Waals surface area contributed by atoms with E-state index in [-0.39, 0.29) is 49.1 Å². The number of amides is 2. The summed E-state index contributed by atoms with van der Waals surface area (Å²) in [5.74, 6) is -1.05. The van der Waals surface area contributed by atoms with E-state index in [1.165, 1.54) is 11.0 Å². The third-order valence-electron chi connectivity index (χ3n) is 5.90. The third kappa shape index (κ3) is 5.77. The topological polar surface area (TPSA) is 66.9 Å². The van der Waals surface area contributed by atoms with Crippen molar-refractivity contribution in [2.45, 2.75) is 45.3 Å². The summed E-state index contributed by atoms with van der Waals surface area (Å²) in [6, 6.07) is 4.91. The molecule has 2 heterocycles. The Morgan fingerprint density at radius 2 is 1.84 bits per heavy atom. The quantitative estimate of drug-likeness (QED) is 0.660. The number of piperidine rings is 2. The molecule has 31 heavy (non-hydrogen) atoms. The summed E-state index contributed by atoms with van der Waals surface area (Å²) in [5, 5.41) is 0. The van der Waals surface area contributed by atoms with Crippen LogP contribution in [0.2, 0.25) is 0 Å². The molecule has 6 nitrogen and oxygen atoms in total. The van der Waals surface area contributed by atoms with E-state index in [1.807, 2.05) is 0 Å². The van der Waals surface area contributed by atoms with Crippen LogP contribution < -0.4 is 0 Å². The minimum atomic E-state index is -4.45. The van der Waals surface area contributed by atoms with Crippen molar-refractivity contribution in [3.05, 3.63) is 35.4 Å². The van der Waals surface area contributed by atoms with Gasteiger partial charge < -0.3 is 14.5 Å². The molecule has 2 saturated heterocycles. The molecule has 3 rings (SSSR count). The van der Waals surface area contributed by atoms with Gasteiger partial charge in [-0.15, -0.1) is 0 Å². The van der Waals surface area contributed by atoms with Crippen LogP contribution in [0.3, 0.4) is 0 Å². The van der Waals surface area contributed by atoms with E-state index < -0.39 is 11.7 Å². The molecule has 0 unspecified atom stereocenters. The van der Waals surface area contributed by atoms with Gasteiger partial charge in [0.2, 0.25) is 11.8 Å². The zero-order chi connectivity index (χ0) is 22.6. The summed E-state index contributed by atoms with van der Waals surface area (Å²) in [6.07, 6.45) is -2.74. The van der Waals surface area contributed by atoms with E-state index in [0.29, 0.717) is 44.5 Å². The van der Waals surface area contributed by atoms with E-state index in [9.17, 15) is 27.6 Å². The number of likely N-dealkylation sites (tertiary alicyclic amines) is 2. The smallest absolute Gasteiger partial charge is 0.416 e. The fraction of sp³-hybridized carbons (Fsp3) is 0.591. The number of hydrogen-bond donors (Lipinski definition) is 0. The lowest BCUT2D eigenvalue weighted by Crippen LogP contribution is -2.49. The molecule has 0 bridgehead atoms. The Labute approximate surface area is 179 Å². The van der Waals surface area contributed by atoms with E-state index in [4.69, 9.17) is 4.74 Å². The summed E-state index contributed by atoms with van der Waals surface area (Å²) in [4.78, 5) is 40.4. The standard InChI is InChI=1S/C22H27F3N2O4/c1-2-31-21(30)16-8-10-26(11-9-16)20(29)17-6-7-19(28)27(14-17)13-15-4-3-5-18(12-15)22(23,24)25/h3-5,12,16-17H,2,6-11,13-14H2,1H3/t17-/m1/s1. The minimum absolute atomic E-state index is 0.0392. The van der Waals surface area contributed by atoms with Gasteiger partial charge in [0.1, 0.15) is 0 Å². The first-order chi connectivity index (χ1) is 14.7. The highest BCUT2D eigenvalue weighted by molar-refractivity contribution is 5.84. The molecule has 0 aromatic heterocycles. The summed E-state index contributed by atoms with van der Waals surface area (Å²) in [5.41, 5.74) is -0.377. The highest BCUT2D eigenvalue weighted by atomic mass is 19.4. The van der Waals surface area contributed by atoms with Crippen LogP contribution >= 0.6 is 0 Å². The molecular weight excluding hydrogens is 413 g/mol. The average molecular weight is 440 g/mol. The number of nitrogens with zero attached hydrogens (tertiary/aromatic N) is 2. The molecule has 1 aromatic carbocycles. The number of halogens is 3. The Morgan fingerprint density at radius 3 is 2.48 bits per heavy atom. The van der Waals surface area contributed by atoms with Crippen LogP contribution in [0.15, 0.2) is 24.3 Å². The highest BCUT2D eigenvalue weighted by Gasteiger charge is 2.36. The molecular formula is C22H27F3N2O4. The zero-order valence-electron chi connectivity index (χ0n) is 17.5. The number of rotatable bonds is 5. The number of carbonyl (C=O) groups excluding carboxylic acids is 3. The summed E-state index contributed by atoms with van der Waals surface area (Å²) >= 11 is 0. The average Bonchev–Trinajstić information content (AvgIpc) is 2.75. The van der Waals surface area contributed by atoms with Gasteiger partial charge in [0.05, 0.1) is 24.0 Å². The second-order valence-electron chi connectivity index (χ2n) is 8.06. The van der Waals surface area contributed by atoms with Crippen LogP contribution in [0.1, 0.15) is 43.7 Å².